The summed E-state index contributed by atoms with van der Waals surface area (Å²) >= 11 is -2.03. The van der Waals surface area contributed by atoms with Crippen molar-refractivity contribution in [2.75, 3.05) is 0 Å². The quantitative estimate of drug-likeness (QED) is 0.288. The Balaban J connectivity index is 1.65. The molecule has 0 fully saturated rings. The topological polar surface area (TPSA) is 26.0 Å². The van der Waals surface area contributed by atoms with Crippen LogP contribution in [0.15, 0.2) is 89.5 Å². The predicted molar refractivity (Wildman–Crippen MR) is 125 cm³/mol. The van der Waals surface area contributed by atoms with Crippen LogP contribution in [0.2, 0.25) is 17.3 Å². The summed E-state index contributed by atoms with van der Waals surface area (Å²) in [6, 6.07) is 27.6. The van der Waals surface area contributed by atoms with E-state index >= 15 is 0 Å². The van der Waals surface area contributed by atoms with Crippen LogP contribution in [-0.4, -0.2) is 18.3 Å². The SMILES string of the molecule is [CH3][Ge]([CH3])([CH3])[c]1cccc2c1oc1cc(-c3cccc(-c4ccccc4)c3)ncc12. The maximum atomic E-state index is 6.39. The standard InChI is InChI=1S/C26H23GeNO/c1-27(2,3)23-14-8-13-21-22-17-28-24(16-25(22)29-26(21)23)20-12-7-11-19(15-20)18-9-5-4-6-10-18/h4-17H,1-3H3. The van der Waals surface area contributed by atoms with Gasteiger partial charge in [0.1, 0.15) is 0 Å². The van der Waals surface area contributed by atoms with Gasteiger partial charge in [0, 0.05) is 0 Å². The molecule has 0 N–H and O–H groups in total. The summed E-state index contributed by atoms with van der Waals surface area (Å²) in [6.45, 7) is 0. The van der Waals surface area contributed by atoms with Crippen LogP contribution < -0.4 is 4.40 Å². The number of furan rings is 1. The maximum absolute atomic E-state index is 6.39. The van der Waals surface area contributed by atoms with Crippen LogP contribution in [0, 0.1) is 0 Å². The summed E-state index contributed by atoms with van der Waals surface area (Å²) in [5.41, 5.74) is 6.40. The summed E-state index contributed by atoms with van der Waals surface area (Å²) < 4.78 is 7.80. The number of pyridine rings is 1. The minimum absolute atomic E-state index is 0.911. The first-order valence-corrected chi connectivity index (χ1v) is 17.3. The fourth-order valence-electron chi connectivity index (χ4n) is 3.93. The number of benzene rings is 3. The van der Waals surface area contributed by atoms with Gasteiger partial charge in [-0.2, -0.15) is 0 Å². The molecule has 2 heterocycles. The van der Waals surface area contributed by atoms with Crippen molar-refractivity contribution in [3.63, 3.8) is 0 Å². The third-order valence-corrected chi connectivity index (χ3v) is 9.67. The van der Waals surface area contributed by atoms with E-state index < -0.39 is 13.3 Å². The van der Waals surface area contributed by atoms with Gasteiger partial charge >= 0.3 is 168 Å². The number of hydrogen-bond donors (Lipinski definition) is 0. The molecule has 0 amide bonds. The Morgan fingerprint density at radius 1 is 0.690 bits per heavy atom. The van der Waals surface area contributed by atoms with Crippen LogP contribution in [0.25, 0.3) is 44.3 Å². The molecule has 3 heteroatoms. The molecule has 0 aliphatic carbocycles. The second-order valence-electron chi connectivity index (χ2n) is 8.55. The first-order valence-electron chi connectivity index (χ1n) is 9.98. The van der Waals surface area contributed by atoms with Crippen molar-refractivity contribution in [3.8, 4) is 22.4 Å². The molecule has 5 rings (SSSR count). The van der Waals surface area contributed by atoms with Gasteiger partial charge < -0.3 is 0 Å². The van der Waals surface area contributed by atoms with Gasteiger partial charge in [-0.15, -0.1) is 0 Å². The Hall–Kier alpha value is -2.85. The fraction of sp³-hybridized carbons (Fsp3) is 0.115. The van der Waals surface area contributed by atoms with E-state index in [4.69, 9.17) is 9.40 Å². The van der Waals surface area contributed by atoms with Gasteiger partial charge in [-0.1, -0.05) is 6.07 Å². The van der Waals surface area contributed by atoms with Crippen molar-refractivity contribution >= 4 is 39.6 Å². The molecule has 5 aromatic rings. The van der Waals surface area contributed by atoms with Gasteiger partial charge in [-0.25, -0.2) is 0 Å². The molecule has 0 aliphatic rings. The molecule has 3 aromatic carbocycles. The second kappa shape index (κ2) is 6.89. The number of fused-ring (bicyclic) bond motifs is 3. The van der Waals surface area contributed by atoms with Gasteiger partial charge in [0.2, 0.25) is 0 Å². The number of aromatic nitrogens is 1. The number of para-hydroxylation sites is 1. The minimum atomic E-state index is -2.03. The fourth-order valence-corrected chi connectivity index (χ4v) is 7.00. The van der Waals surface area contributed by atoms with E-state index in [1.807, 2.05) is 12.3 Å². The Labute approximate surface area is 173 Å². The van der Waals surface area contributed by atoms with Crippen LogP contribution in [0.5, 0.6) is 0 Å². The van der Waals surface area contributed by atoms with Crippen LogP contribution >= 0.6 is 0 Å². The molecule has 0 atom stereocenters. The normalized spacial score (nSPS) is 12.0. The monoisotopic (exact) mass is 439 g/mol. The van der Waals surface area contributed by atoms with Gasteiger partial charge in [0.05, 0.1) is 0 Å². The summed E-state index contributed by atoms with van der Waals surface area (Å²) in [6.07, 6.45) is 1.96. The third kappa shape index (κ3) is 3.28. The summed E-state index contributed by atoms with van der Waals surface area (Å²) in [4.78, 5) is 4.78. The first-order chi connectivity index (χ1) is 14.0. The molecule has 2 aromatic heterocycles. The summed E-state index contributed by atoms with van der Waals surface area (Å²) in [5.74, 6) is 7.21. The van der Waals surface area contributed by atoms with Crippen molar-refractivity contribution in [2.45, 2.75) is 17.3 Å². The molecule has 0 aliphatic heterocycles. The van der Waals surface area contributed by atoms with Crippen LogP contribution in [0.4, 0.5) is 0 Å². The molecule has 0 radical (unpaired) electrons. The molecule has 0 spiro atoms. The zero-order valence-corrected chi connectivity index (χ0v) is 19.0. The molecule has 0 saturated carbocycles. The second-order valence-corrected chi connectivity index (χ2v) is 19.1. The van der Waals surface area contributed by atoms with Crippen LogP contribution in [0.3, 0.4) is 0 Å². The van der Waals surface area contributed by atoms with Crippen molar-refractivity contribution in [1.82, 2.24) is 4.98 Å². The van der Waals surface area contributed by atoms with Gasteiger partial charge in [0.15, 0.2) is 0 Å². The zero-order chi connectivity index (χ0) is 20.0. The van der Waals surface area contributed by atoms with E-state index in [9.17, 15) is 0 Å². The first kappa shape index (κ1) is 18.2. The third-order valence-electron chi connectivity index (χ3n) is 5.46. The number of hydrogen-bond acceptors (Lipinski definition) is 2. The number of nitrogens with zero attached hydrogens (tertiary/aromatic N) is 1. The molecule has 0 bridgehead atoms. The average Bonchev–Trinajstić information content (AvgIpc) is 3.11. The summed E-state index contributed by atoms with van der Waals surface area (Å²) in [5, 5.41) is 2.27. The summed E-state index contributed by atoms with van der Waals surface area (Å²) in [7, 11) is 0. The van der Waals surface area contributed by atoms with E-state index in [-0.39, 0.29) is 0 Å². The molecular formula is C26H23GeNO. The van der Waals surface area contributed by atoms with Crippen molar-refractivity contribution in [1.29, 1.82) is 0 Å². The Morgan fingerprint density at radius 3 is 2.21 bits per heavy atom. The Kier molecular flexibility index (Phi) is 4.32. The van der Waals surface area contributed by atoms with E-state index in [1.54, 1.807) is 0 Å². The predicted octanol–water partition coefficient (Wildman–Crippen LogP) is 6.86. The van der Waals surface area contributed by atoms with Crippen molar-refractivity contribution < 1.29 is 4.42 Å². The van der Waals surface area contributed by atoms with E-state index in [0.717, 1.165) is 27.8 Å². The number of rotatable bonds is 3. The average molecular weight is 438 g/mol. The molecule has 142 valence electrons. The van der Waals surface area contributed by atoms with E-state index in [0.29, 0.717) is 0 Å². The zero-order valence-electron chi connectivity index (χ0n) is 16.9. The molecule has 0 saturated heterocycles. The van der Waals surface area contributed by atoms with Crippen LogP contribution in [0.1, 0.15) is 0 Å². The van der Waals surface area contributed by atoms with Gasteiger partial charge in [-0.3, -0.25) is 0 Å². The molecular weight excluding hydrogens is 415 g/mol. The molecule has 29 heavy (non-hydrogen) atoms. The van der Waals surface area contributed by atoms with E-state index in [1.165, 1.54) is 20.9 Å². The van der Waals surface area contributed by atoms with Crippen molar-refractivity contribution in [2.24, 2.45) is 0 Å². The molecule has 2 nitrogen and oxygen atoms in total. The molecule has 0 unspecified atom stereocenters. The van der Waals surface area contributed by atoms with E-state index in [2.05, 4.69) is 90.1 Å². The van der Waals surface area contributed by atoms with Gasteiger partial charge in [-0.05, 0) is 0 Å². The van der Waals surface area contributed by atoms with Crippen molar-refractivity contribution in [3.05, 3.63) is 85.1 Å². The Morgan fingerprint density at radius 2 is 1.41 bits per heavy atom. The van der Waals surface area contributed by atoms with Crippen LogP contribution in [-0.2, 0) is 0 Å². The van der Waals surface area contributed by atoms with Gasteiger partial charge in [0.25, 0.3) is 0 Å². The Bertz CT molecular complexity index is 1330.